The zero-order valence-electron chi connectivity index (χ0n) is 12.6. The van der Waals surface area contributed by atoms with Crippen molar-refractivity contribution in [2.45, 2.75) is 51.5 Å². The van der Waals surface area contributed by atoms with Gasteiger partial charge in [-0.1, -0.05) is 51.0 Å². The minimum absolute atomic E-state index is 0.349. The summed E-state index contributed by atoms with van der Waals surface area (Å²) in [6.45, 7) is 4.28. The summed E-state index contributed by atoms with van der Waals surface area (Å²) in [5.41, 5.74) is 2.48. The van der Waals surface area contributed by atoms with E-state index in [1.807, 2.05) is 24.3 Å². The van der Waals surface area contributed by atoms with E-state index in [0.717, 1.165) is 18.4 Å². The molecule has 2 aromatic rings. The van der Waals surface area contributed by atoms with Crippen LogP contribution in [0.15, 0.2) is 33.9 Å². The maximum Gasteiger partial charge on any atom is 0.250 e. The lowest BCUT2D eigenvalue weighted by Crippen LogP contribution is -2.38. The first-order valence-corrected chi connectivity index (χ1v) is 7.78. The summed E-state index contributed by atoms with van der Waals surface area (Å²) < 4.78 is 0. The van der Waals surface area contributed by atoms with Crippen molar-refractivity contribution >= 4 is 5.69 Å². The van der Waals surface area contributed by atoms with Crippen LogP contribution < -0.4 is 16.2 Å². The Labute approximate surface area is 124 Å². The Bertz CT molecular complexity index is 700. The second-order valence-electron chi connectivity index (χ2n) is 6.31. The van der Waals surface area contributed by atoms with Gasteiger partial charge in [0.25, 0.3) is 0 Å². The highest BCUT2D eigenvalue weighted by atomic mass is 16.2. The molecule has 0 atom stereocenters. The third kappa shape index (κ3) is 2.53. The average molecular weight is 283 g/mol. The van der Waals surface area contributed by atoms with Crippen LogP contribution in [0, 0.1) is 0 Å². The molecule has 2 aromatic carbocycles. The molecule has 1 aliphatic rings. The van der Waals surface area contributed by atoms with Crippen molar-refractivity contribution in [3.8, 4) is 11.1 Å². The minimum Gasteiger partial charge on any atom is -0.378 e. The molecule has 0 aromatic heterocycles. The molecule has 0 heterocycles. The molecule has 3 nitrogen and oxygen atoms in total. The van der Waals surface area contributed by atoms with Gasteiger partial charge in [0.1, 0.15) is 0 Å². The Kier molecular flexibility index (Phi) is 3.66. The highest BCUT2D eigenvalue weighted by Gasteiger charge is 2.25. The molecule has 0 aliphatic heterocycles. The van der Waals surface area contributed by atoms with Crippen LogP contribution in [0.1, 0.15) is 51.0 Å². The Balaban J connectivity index is 1.89. The van der Waals surface area contributed by atoms with Crippen molar-refractivity contribution < 1.29 is 0 Å². The monoisotopic (exact) mass is 283 g/mol. The van der Waals surface area contributed by atoms with Gasteiger partial charge in [0.05, 0.1) is 11.3 Å². The fourth-order valence-corrected chi connectivity index (χ4v) is 3.11. The molecule has 0 spiro atoms. The first-order chi connectivity index (χ1) is 10.1. The molecule has 1 aliphatic carbocycles. The second kappa shape index (κ2) is 5.47. The third-order valence-electron chi connectivity index (χ3n) is 4.48. The van der Waals surface area contributed by atoms with Crippen molar-refractivity contribution in [1.29, 1.82) is 0 Å². The summed E-state index contributed by atoms with van der Waals surface area (Å²) in [4.78, 5) is 23.8. The summed E-state index contributed by atoms with van der Waals surface area (Å²) in [6.07, 6.45) is 4.58. The predicted molar refractivity (Wildman–Crippen MR) is 86.8 cm³/mol. The zero-order valence-corrected chi connectivity index (χ0v) is 12.6. The average Bonchev–Trinajstić information content (AvgIpc) is 3.00. The highest BCUT2D eigenvalue weighted by Crippen LogP contribution is 2.28. The quantitative estimate of drug-likeness (QED) is 0.874. The molecule has 21 heavy (non-hydrogen) atoms. The Morgan fingerprint density at radius 1 is 1.00 bits per heavy atom. The number of anilines is 1. The van der Waals surface area contributed by atoms with Gasteiger partial charge in [-0.25, -0.2) is 0 Å². The van der Waals surface area contributed by atoms with Gasteiger partial charge in [0.15, 0.2) is 0 Å². The van der Waals surface area contributed by atoms with E-state index in [4.69, 9.17) is 0 Å². The molecule has 0 bridgehead atoms. The SMILES string of the molecule is CC(C)c1ccc(-c2c(NC3CCCC3)c(=O)c2=O)cc1. The van der Waals surface area contributed by atoms with Crippen LogP contribution in [-0.2, 0) is 0 Å². The largest absolute Gasteiger partial charge is 0.378 e. The second-order valence-corrected chi connectivity index (χ2v) is 6.31. The van der Waals surface area contributed by atoms with Gasteiger partial charge in [-0.2, -0.15) is 0 Å². The van der Waals surface area contributed by atoms with Crippen LogP contribution in [0.5, 0.6) is 0 Å². The van der Waals surface area contributed by atoms with Crippen molar-refractivity contribution in [2.24, 2.45) is 0 Å². The third-order valence-corrected chi connectivity index (χ3v) is 4.48. The van der Waals surface area contributed by atoms with Gasteiger partial charge < -0.3 is 5.32 Å². The van der Waals surface area contributed by atoms with Gasteiger partial charge in [0.2, 0.25) is 10.9 Å². The molecular formula is C18H21NO2. The van der Waals surface area contributed by atoms with Gasteiger partial charge in [0, 0.05) is 6.04 Å². The maximum atomic E-state index is 11.9. The molecular weight excluding hydrogens is 262 g/mol. The Morgan fingerprint density at radius 3 is 2.19 bits per heavy atom. The molecule has 1 saturated carbocycles. The van der Waals surface area contributed by atoms with Crippen molar-refractivity contribution in [2.75, 3.05) is 5.32 Å². The van der Waals surface area contributed by atoms with Crippen LogP contribution in [0.2, 0.25) is 0 Å². The maximum absolute atomic E-state index is 11.9. The van der Waals surface area contributed by atoms with Crippen LogP contribution in [0.25, 0.3) is 11.1 Å². The smallest absolute Gasteiger partial charge is 0.250 e. The van der Waals surface area contributed by atoms with E-state index in [2.05, 4.69) is 19.2 Å². The standard InChI is InChI=1S/C18H21NO2/c1-11(2)12-7-9-13(10-8-12)15-16(18(21)17(15)20)19-14-5-3-4-6-14/h7-11,14,19H,3-6H2,1-2H3. The Morgan fingerprint density at radius 2 is 1.62 bits per heavy atom. The summed E-state index contributed by atoms with van der Waals surface area (Å²) in [6, 6.07) is 8.32. The van der Waals surface area contributed by atoms with Crippen LogP contribution >= 0.6 is 0 Å². The van der Waals surface area contributed by atoms with Crippen LogP contribution in [-0.4, -0.2) is 6.04 Å². The summed E-state index contributed by atoms with van der Waals surface area (Å²) in [5, 5.41) is 3.29. The molecule has 1 fully saturated rings. The topological polar surface area (TPSA) is 46.2 Å². The molecule has 1 N–H and O–H groups in total. The lowest BCUT2D eigenvalue weighted by Gasteiger charge is -2.18. The van der Waals surface area contributed by atoms with Crippen molar-refractivity contribution in [3.63, 3.8) is 0 Å². The molecule has 3 heteroatoms. The van der Waals surface area contributed by atoms with Gasteiger partial charge in [-0.3, -0.25) is 9.59 Å². The number of hydrogen-bond donors (Lipinski definition) is 1. The van der Waals surface area contributed by atoms with E-state index in [-0.39, 0.29) is 10.9 Å². The lowest BCUT2D eigenvalue weighted by molar-refractivity contribution is 0.753. The van der Waals surface area contributed by atoms with Gasteiger partial charge >= 0.3 is 0 Å². The predicted octanol–water partition coefficient (Wildman–Crippen LogP) is 3.43. The normalized spacial score (nSPS) is 16.0. The summed E-state index contributed by atoms with van der Waals surface area (Å²) in [7, 11) is 0. The van der Waals surface area contributed by atoms with E-state index in [0.29, 0.717) is 23.2 Å². The zero-order chi connectivity index (χ0) is 15.0. The van der Waals surface area contributed by atoms with Gasteiger partial charge in [-0.05, 0) is 29.9 Å². The first-order valence-electron chi connectivity index (χ1n) is 7.78. The van der Waals surface area contributed by atoms with Crippen molar-refractivity contribution in [3.05, 3.63) is 50.3 Å². The minimum atomic E-state index is -0.357. The first kappa shape index (κ1) is 14.1. The molecule has 0 amide bonds. The van der Waals surface area contributed by atoms with E-state index >= 15 is 0 Å². The molecule has 0 saturated heterocycles. The molecule has 0 unspecified atom stereocenters. The highest BCUT2D eigenvalue weighted by molar-refractivity contribution is 5.82. The fraction of sp³-hybridized carbons (Fsp3) is 0.444. The van der Waals surface area contributed by atoms with Gasteiger partial charge in [-0.15, -0.1) is 0 Å². The van der Waals surface area contributed by atoms with E-state index in [1.165, 1.54) is 18.4 Å². The number of rotatable bonds is 4. The molecule has 0 radical (unpaired) electrons. The number of benzene rings is 1. The van der Waals surface area contributed by atoms with Crippen LogP contribution in [0.3, 0.4) is 0 Å². The Hall–Kier alpha value is -1.90. The van der Waals surface area contributed by atoms with Crippen molar-refractivity contribution in [1.82, 2.24) is 0 Å². The summed E-state index contributed by atoms with van der Waals surface area (Å²) in [5.74, 6) is 0.461. The van der Waals surface area contributed by atoms with E-state index in [1.54, 1.807) is 0 Å². The number of nitrogens with one attached hydrogen (secondary N) is 1. The molecule has 110 valence electrons. The van der Waals surface area contributed by atoms with E-state index in [9.17, 15) is 9.59 Å². The van der Waals surface area contributed by atoms with E-state index < -0.39 is 0 Å². The lowest BCUT2D eigenvalue weighted by atomic mass is 9.95. The fourth-order valence-electron chi connectivity index (χ4n) is 3.11. The molecule has 3 rings (SSSR count). The van der Waals surface area contributed by atoms with Crippen LogP contribution in [0.4, 0.5) is 5.69 Å². The summed E-state index contributed by atoms with van der Waals surface area (Å²) >= 11 is 0. The number of hydrogen-bond acceptors (Lipinski definition) is 3.